The summed E-state index contributed by atoms with van der Waals surface area (Å²) in [5.41, 5.74) is 2.69. The zero-order valence-corrected chi connectivity index (χ0v) is 13.4. The lowest BCUT2D eigenvalue weighted by Crippen LogP contribution is -2.19. The molecule has 1 aromatic heterocycles. The van der Waals surface area contributed by atoms with Gasteiger partial charge in [-0.3, -0.25) is 0 Å². The number of nitrogens with zero attached hydrogens (tertiary/aromatic N) is 2. The first-order valence-corrected chi connectivity index (χ1v) is 7.62. The third-order valence-corrected chi connectivity index (χ3v) is 3.48. The van der Waals surface area contributed by atoms with Gasteiger partial charge in [0.25, 0.3) is 0 Å². The fourth-order valence-electron chi connectivity index (χ4n) is 2.25. The van der Waals surface area contributed by atoms with Gasteiger partial charge in [0.15, 0.2) is 0 Å². The van der Waals surface area contributed by atoms with E-state index in [0.717, 1.165) is 29.1 Å². The summed E-state index contributed by atoms with van der Waals surface area (Å²) >= 11 is 0. The van der Waals surface area contributed by atoms with Crippen LogP contribution in [0.4, 0.5) is 0 Å². The van der Waals surface area contributed by atoms with E-state index in [4.69, 9.17) is 9.15 Å². The van der Waals surface area contributed by atoms with Crippen molar-refractivity contribution in [1.82, 2.24) is 9.88 Å². The molecule has 0 fully saturated rings. The van der Waals surface area contributed by atoms with Gasteiger partial charge in [0.1, 0.15) is 24.3 Å². The fraction of sp³-hybridized carbons (Fsp3) is 0.211. The predicted octanol–water partition coefficient (Wildman–Crippen LogP) is 3.95. The Balaban J connectivity index is 1.83. The summed E-state index contributed by atoms with van der Waals surface area (Å²) in [5.74, 6) is 1.44. The Labute approximate surface area is 136 Å². The van der Waals surface area contributed by atoms with Gasteiger partial charge in [-0.25, -0.2) is 4.98 Å². The van der Waals surface area contributed by atoms with Crippen LogP contribution in [0.25, 0.3) is 22.7 Å². The Kier molecular flexibility index (Phi) is 4.74. The van der Waals surface area contributed by atoms with Crippen LogP contribution in [0.15, 0.2) is 65.3 Å². The van der Waals surface area contributed by atoms with E-state index in [0.29, 0.717) is 12.5 Å². The standard InChI is InChI=1S/C19H20N2O2/c1-21(2)12-13-22-18-11-7-6-10-16(18)17-14-23-19(20-17)15-8-4-3-5-9-15/h3-11,14H,12-13H2,1-2H3. The average molecular weight is 308 g/mol. The Morgan fingerprint density at radius 1 is 1.00 bits per heavy atom. The monoisotopic (exact) mass is 308 g/mol. The second-order valence-electron chi connectivity index (χ2n) is 5.55. The molecule has 4 nitrogen and oxygen atoms in total. The van der Waals surface area contributed by atoms with Crippen LogP contribution in [0.2, 0.25) is 0 Å². The smallest absolute Gasteiger partial charge is 0.226 e. The Morgan fingerprint density at radius 2 is 1.74 bits per heavy atom. The van der Waals surface area contributed by atoms with Crippen LogP contribution in [0.1, 0.15) is 0 Å². The summed E-state index contributed by atoms with van der Waals surface area (Å²) in [4.78, 5) is 6.69. The summed E-state index contributed by atoms with van der Waals surface area (Å²) in [7, 11) is 4.05. The molecule has 23 heavy (non-hydrogen) atoms. The molecule has 0 unspecified atom stereocenters. The van der Waals surface area contributed by atoms with Crippen LogP contribution in [0, 0.1) is 0 Å². The molecule has 3 aromatic rings. The number of hydrogen-bond acceptors (Lipinski definition) is 4. The third-order valence-electron chi connectivity index (χ3n) is 3.48. The van der Waals surface area contributed by atoms with Crippen molar-refractivity contribution in [2.75, 3.05) is 27.2 Å². The Hall–Kier alpha value is -2.59. The minimum absolute atomic E-state index is 0.615. The molecule has 0 aliphatic rings. The molecule has 0 aliphatic carbocycles. The Bertz CT molecular complexity index is 751. The third kappa shape index (κ3) is 3.79. The van der Waals surface area contributed by atoms with E-state index in [1.54, 1.807) is 6.26 Å². The molecule has 4 heteroatoms. The number of benzene rings is 2. The summed E-state index contributed by atoms with van der Waals surface area (Å²) in [6.07, 6.45) is 1.68. The number of oxazole rings is 1. The highest BCUT2D eigenvalue weighted by Gasteiger charge is 2.12. The largest absolute Gasteiger partial charge is 0.492 e. The van der Waals surface area contributed by atoms with Crippen molar-refractivity contribution in [3.63, 3.8) is 0 Å². The normalized spacial score (nSPS) is 10.9. The molecule has 0 saturated heterocycles. The molecule has 0 spiro atoms. The van der Waals surface area contributed by atoms with Crippen LogP contribution in [0.3, 0.4) is 0 Å². The maximum Gasteiger partial charge on any atom is 0.226 e. The molecule has 2 aromatic carbocycles. The maximum absolute atomic E-state index is 5.89. The second-order valence-corrected chi connectivity index (χ2v) is 5.55. The van der Waals surface area contributed by atoms with Gasteiger partial charge in [-0.2, -0.15) is 0 Å². The van der Waals surface area contributed by atoms with Gasteiger partial charge in [0, 0.05) is 17.7 Å². The molecule has 0 radical (unpaired) electrons. The lowest BCUT2D eigenvalue weighted by molar-refractivity contribution is 0.262. The van der Waals surface area contributed by atoms with Crippen molar-refractivity contribution in [2.45, 2.75) is 0 Å². The number of aromatic nitrogens is 1. The molecular weight excluding hydrogens is 288 g/mol. The van der Waals surface area contributed by atoms with E-state index in [1.807, 2.05) is 68.7 Å². The lowest BCUT2D eigenvalue weighted by Gasteiger charge is -2.12. The van der Waals surface area contributed by atoms with Crippen molar-refractivity contribution in [3.05, 3.63) is 60.9 Å². The van der Waals surface area contributed by atoms with E-state index in [-0.39, 0.29) is 0 Å². The first-order valence-electron chi connectivity index (χ1n) is 7.62. The molecular formula is C19H20N2O2. The quantitative estimate of drug-likeness (QED) is 0.691. The molecule has 0 aliphatic heterocycles. The van der Waals surface area contributed by atoms with Gasteiger partial charge in [-0.1, -0.05) is 30.3 Å². The molecule has 0 saturated carbocycles. The highest BCUT2D eigenvalue weighted by atomic mass is 16.5. The van der Waals surface area contributed by atoms with Gasteiger partial charge in [0.05, 0.1) is 0 Å². The number of ether oxygens (including phenoxy) is 1. The molecule has 0 amide bonds. The molecule has 3 rings (SSSR count). The topological polar surface area (TPSA) is 38.5 Å². The summed E-state index contributed by atoms with van der Waals surface area (Å²) < 4.78 is 11.5. The molecule has 1 heterocycles. The Morgan fingerprint density at radius 3 is 2.52 bits per heavy atom. The number of hydrogen-bond donors (Lipinski definition) is 0. The number of likely N-dealkylation sites (N-methyl/N-ethyl adjacent to an activating group) is 1. The SMILES string of the molecule is CN(C)CCOc1ccccc1-c1coc(-c2ccccc2)n1. The highest BCUT2D eigenvalue weighted by molar-refractivity contribution is 5.68. The van der Waals surface area contributed by atoms with Gasteiger partial charge in [-0.15, -0.1) is 0 Å². The zero-order chi connectivity index (χ0) is 16.1. The molecule has 0 N–H and O–H groups in total. The van der Waals surface area contributed by atoms with Crippen LogP contribution in [-0.4, -0.2) is 37.1 Å². The summed E-state index contributed by atoms with van der Waals surface area (Å²) in [6, 6.07) is 17.8. The van der Waals surface area contributed by atoms with Crippen LogP contribution in [0.5, 0.6) is 5.75 Å². The highest BCUT2D eigenvalue weighted by Crippen LogP contribution is 2.31. The van der Waals surface area contributed by atoms with Gasteiger partial charge < -0.3 is 14.1 Å². The van der Waals surface area contributed by atoms with Crippen LogP contribution in [-0.2, 0) is 0 Å². The molecule has 0 atom stereocenters. The van der Waals surface area contributed by atoms with Crippen LogP contribution >= 0.6 is 0 Å². The first kappa shape index (κ1) is 15.3. The second kappa shape index (κ2) is 7.11. The van der Waals surface area contributed by atoms with Gasteiger partial charge >= 0.3 is 0 Å². The fourth-order valence-corrected chi connectivity index (χ4v) is 2.25. The van der Waals surface area contributed by atoms with Crippen molar-refractivity contribution in [2.24, 2.45) is 0 Å². The summed E-state index contributed by atoms with van der Waals surface area (Å²) in [6.45, 7) is 1.50. The minimum atomic E-state index is 0.615. The number of rotatable bonds is 6. The number of para-hydroxylation sites is 1. The van der Waals surface area contributed by atoms with E-state index in [2.05, 4.69) is 9.88 Å². The van der Waals surface area contributed by atoms with Crippen molar-refractivity contribution in [1.29, 1.82) is 0 Å². The van der Waals surface area contributed by atoms with Crippen molar-refractivity contribution < 1.29 is 9.15 Å². The van der Waals surface area contributed by atoms with E-state index >= 15 is 0 Å². The summed E-state index contributed by atoms with van der Waals surface area (Å²) in [5, 5.41) is 0. The van der Waals surface area contributed by atoms with Gasteiger partial charge in [-0.05, 0) is 38.4 Å². The van der Waals surface area contributed by atoms with Crippen molar-refractivity contribution in [3.8, 4) is 28.5 Å². The average Bonchev–Trinajstić information content (AvgIpc) is 3.06. The van der Waals surface area contributed by atoms with Gasteiger partial charge in [0.2, 0.25) is 5.89 Å². The van der Waals surface area contributed by atoms with Crippen molar-refractivity contribution >= 4 is 0 Å². The predicted molar refractivity (Wildman–Crippen MR) is 91.4 cm³/mol. The zero-order valence-electron chi connectivity index (χ0n) is 13.4. The molecule has 0 bridgehead atoms. The lowest BCUT2D eigenvalue weighted by atomic mass is 10.1. The first-order chi connectivity index (χ1) is 11.2. The van der Waals surface area contributed by atoms with E-state index in [9.17, 15) is 0 Å². The van der Waals surface area contributed by atoms with E-state index in [1.165, 1.54) is 0 Å². The molecule has 118 valence electrons. The van der Waals surface area contributed by atoms with E-state index < -0.39 is 0 Å². The van der Waals surface area contributed by atoms with Crippen LogP contribution < -0.4 is 4.74 Å². The minimum Gasteiger partial charge on any atom is -0.492 e. The maximum atomic E-state index is 5.89.